The van der Waals surface area contributed by atoms with Crippen LogP contribution < -0.4 is 5.32 Å². The molecule has 0 unspecified atom stereocenters. The molecule has 55 heavy (non-hydrogen) atoms. The lowest BCUT2D eigenvalue weighted by molar-refractivity contribution is -0.182. The molecule has 1 aliphatic carbocycles. The van der Waals surface area contributed by atoms with Crippen molar-refractivity contribution in [2.75, 3.05) is 26.2 Å². The van der Waals surface area contributed by atoms with Crippen LogP contribution in [0.25, 0.3) is 0 Å². The van der Waals surface area contributed by atoms with Crippen LogP contribution in [0.4, 0.5) is 0 Å². The first-order valence-electron chi connectivity index (χ1n) is 20.5. The molecule has 3 fully saturated rings. The predicted octanol–water partition coefficient (Wildman–Crippen LogP) is 5.74. The van der Waals surface area contributed by atoms with Gasteiger partial charge in [0.25, 0.3) is 10.1 Å². The number of likely N-dealkylation sites (tertiary alicyclic amines) is 1. The molecule has 0 aromatic heterocycles. The van der Waals surface area contributed by atoms with Crippen molar-refractivity contribution in [2.45, 2.75) is 136 Å². The second-order valence-corrected chi connectivity index (χ2v) is 19.4. The first kappa shape index (κ1) is 43.7. The number of hydroxylamine groups is 2. The third-order valence-corrected chi connectivity index (χ3v) is 14.4. The SMILES string of the molecule is CC(C)C[C@@H](CN1CCCC1)N(Cc1cccc(CN2O[C@@H](CO)[C@@H]([C@H](C)O)[C@H]2C(=O)N[C@H]2C[C@@H](C)C(C)(C)[C@@H](C)[C@@H]2C)c1)Cc1ccccc1S(=O)(=O)O. The van der Waals surface area contributed by atoms with Crippen molar-refractivity contribution in [1.29, 1.82) is 0 Å². The highest BCUT2D eigenvalue weighted by molar-refractivity contribution is 7.85. The summed E-state index contributed by atoms with van der Waals surface area (Å²) < 4.78 is 35.0. The van der Waals surface area contributed by atoms with Gasteiger partial charge in [-0.2, -0.15) is 13.5 Å². The number of hydrogen-bond acceptors (Lipinski definition) is 9. The monoisotopic (exact) mass is 784 g/mol. The Morgan fingerprint density at radius 3 is 2.33 bits per heavy atom. The number of amides is 1. The summed E-state index contributed by atoms with van der Waals surface area (Å²) in [5, 5.41) is 26.3. The third kappa shape index (κ3) is 10.6. The lowest BCUT2D eigenvalue weighted by atomic mass is 9.58. The maximum absolute atomic E-state index is 14.3. The Labute approximate surface area is 330 Å². The highest BCUT2D eigenvalue weighted by Gasteiger charge is 2.51. The number of aliphatic hydroxyl groups excluding tert-OH is 2. The molecular weight excluding hydrogens is 717 g/mol. The van der Waals surface area contributed by atoms with Gasteiger partial charge < -0.3 is 20.4 Å². The predicted molar refractivity (Wildman–Crippen MR) is 215 cm³/mol. The van der Waals surface area contributed by atoms with Crippen LogP contribution in [0.5, 0.6) is 0 Å². The van der Waals surface area contributed by atoms with Crippen LogP contribution >= 0.6 is 0 Å². The number of nitrogens with zero attached hydrogens (tertiary/aromatic N) is 3. The first-order chi connectivity index (χ1) is 25.9. The molecule has 2 saturated heterocycles. The van der Waals surface area contributed by atoms with Gasteiger partial charge in [-0.15, -0.1) is 0 Å². The minimum Gasteiger partial charge on any atom is -0.394 e. The first-order valence-corrected chi connectivity index (χ1v) is 22.0. The Hall–Kier alpha value is -2.42. The minimum absolute atomic E-state index is 0.0187. The zero-order valence-corrected chi connectivity index (χ0v) is 35.2. The molecule has 2 heterocycles. The molecule has 3 aliphatic rings. The molecule has 9 atom stereocenters. The number of aliphatic hydroxyl groups is 2. The van der Waals surface area contributed by atoms with Crippen molar-refractivity contribution in [2.24, 2.45) is 35.0 Å². The van der Waals surface area contributed by atoms with Crippen molar-refractivity contribution in [3.63, 3.8) is 0 Å². The van der Waals surface area contributed by atoms with Crippen LogP contribution in [-0.2, 0) is 39.4 Å². The molecule has 0 spiro atoms. The number of nitrogens with one attached hydrogen (secondary N) is 1. The molecule has 0 bridgehead atoms. The molecule has 12 heteroatoms. The summed E-state index contributed by atoms with van der Waals surface area (Å²) >= 11 is 0. The van der Waals surface area contributed by atoms with Gasteiger partial charge in [0, 0.05) is 37.6 Å². The number of benzene rings is 2. The molecule has 1 saturated carbocycles. The lowest BCUT2D eigenvalue weighted by Gasteiger charge is -2.50. The van der Waals surface area contributed by atoms with E-state index in [2.05, 4.69) is 75.7 Å². The van der Waals surface area contributed by atoms with Gasteiger partial charge >= 0.3 is 0 Å². The van der Waals surface area contributed by atoms with Crippen LogP contribution in [-0.4, -0.2) is 101 Å². The van der Waals surface area contributed by atoms with Gasteiger partial charge in [0.05, 0.1) is 24.2 Å². The zero-order chi connectivity index (χ0) is 40.2. The van der Waals surface area contributed by atoms with Crippen LogP contribution in [0.15, 0.2) is 53.4 Å². The van der Waals surface area contributed by atoms with E-state index in [0.717, 1.165) is 43.6 Å². The summed E-state index contributed by atoms with van der Waals surface area (Å²) in [5.74, 6) is 0.657. The Bertz CT molecular complexity index is 1680. The normalized spacial score (nSPS) is 28.9. The smallest absolute Gasteiger partial charge is 0.294 e. The standard InChI is InChI=1S/C43H68N4O7S/c1-28(2)20-36(26-45-18-11-12-19-45)46(25-35-16-9-10-17-39(35)55(51,52)53)23-33-14-13-15-34(22-33)24-47-41(40(32(6)49)38(27-48)54-47)42(50)44-37-21-29(3)43(7,8)31(5)30(37)4/h9-10,13-17,22,28-32,36-38,40-41,48-49H,11-12,18-21,23-27H2,1-8H3,(H,44,50)(H,51,52,53)/t29-,30+,31+,32+,36+,37+,38+,40-,41+/m1/s1. The Balaban J connectivity index is 1.42. The second-order valence-electron chi connectivity index (χ2n) is 18.0. The van der Waals surface area contributed by atoms with E-state index in [4.69, 9.17) is 4.84 Å². The third-order valence-electron chi connectivity index (χ3n) is 13.4. The number of carbonyl (C=O) groups excluding carboxylic acids is 1. The van der Waals surface area contributed by atoms with E-state index in [0.29, 0.717) is 36.4 Å². The Kier molecular flexibility index (Phi) is 14.7. The lowest BCUT2D eigenvalue weighted by Crippen LogP contribution is -2.56. The molecule has 4 N–H and O–H groups in total. The molecule has 11 nitrogen and oxygen atoms in total. The van der Waals surface area contributed by atoms with E-state index >= 15 is 0 Å². The fourth-order valence-electron chi connectivity index (χ4n) is 9.51. The molecule has 2 aromatic carbocycles. The van der Waals surface area contributed by atoms with E-state index in [1.165, 1.54) is 18.9 Å². The van der Waals surface area contributed by atoms with Crippen molar-refractivity contribution in [3.05, 3.63) is 65.2 Å². The summed E-state index contributed by atoms with van der Waals surface area (Å²) in [6.07, 6.45) is 2.49. The molecule has 1 amide bonds. The summed E-state index contributed by atoms with van der Waals surface area (Å²) in [7, 11) is -4.42. The van der Waals surface area contributed by atoms with Gasteiger partial charge in [-0.05, 0) is 97.5 Å². The van der Waals surface area contributed by atoms with Crippen molar-refractivity contribution >= 4 is 16.0 Å². The largest absolute Gasteiger partial charge is 0.394 e. The van der Waals surface area contributed by atoms with Gasteiger partial charge in [-0.1, -0.05) is 90.9 Å². The van der Waals surface area contributed by atoms with E-state index in [-0.39, 0.29) is 47.4 Å². The van der Waals surface area contributed by atoms with Crippen molar-refractivity contribution in [1.82, 2.24) is 20.2 Å². The highest BCUT2D eigenvalue weighted by atomic mass is 32.2. The van der Waals surface area contributed by atoms with Gasteiger partial charge in [-0.3, -0.25) is 19.1 Å². The van der Waals surface area contributed by atoms with Crippen LogP contribution in [0.1, 0.15) is 97.8 Å². The van der Waals surface area contributed by atoms with Crippen LogP contribution in [0.3, 0.4) is 0 Å². The average molecular weight is 785 g/mol. The molecular formula is C43H68N4O7S. The zero-order valence-electron chi connectivity index (χ0n) is 34.4. The fourth-order valence-corrected chi connectivity index (χ4v) is 10.2. The van der Waals surface area contributed by atoms with Gasteiger partial charge in [0.2, 0.25) is 5.91 Å². The molecule has 2 aromatic rings. The summed E-state index contributed by atoms with van der Waals surface area (Å²) in [6, 6.07) is 14.1. The Morgan fingerprint density at radius 2 is 1.69 bits per heavy atom. The van der Waals surface area contributed by atoms with E-state index in [9.17, 15) is 28.0 Å². The van der Waals surface area contributed by atoms with Crippen LogP contribution in [0, 0.1) is 35.0 Å². The quantitative estimate of drug-likeness (QED) is 0.156. The number of carbonyl (C=O) groups is 1. The fraction of sp³-hybridized carbons (Fsp3) is 0.698. The van der Waals surface area contributed by atoms with Gasteiger partial charge in [-0.25, -0.2) is 0 Å². The highest BCUT2D eigenvalue weighted by Crippen LogP contribution is 2.47. The van der Waals surface area contributed by atoms with E-state index in [1.54, 1.807) is 30.2 Å². The molecule has 2 aliphatic heterocycles. The van der Waals surface area contributed by atoms with Crippen LogP contribution in [0.2, 0.25) is 0 Å². The number of rotatable bonds is 16. The van der Waals surface area contributed by atoms with Crippen molar-refractivity contribution < 1.29 is 32.8 Å². The average Bonchev–Trinajstić information content (AvgIpc) is 3.77. The van der Waals surface area contributed by atoms with Gasteiger partial charge in [0.1, 0.15) is 12.1 Å². The molecule has 0 radical (unpaired) electrons. The van der Waals surface area contributed by atoms with E-state index in [1.807, 2.05) is 12.1 Å². The van der Waals surface area contributed by atoms with Gasteiger partial charge in [0.15, 0.2) is 0 Å². The van der Waals surface area contributed by atoms with E-state index < -0.39 is 34.3 Å². The second kappa shape index (κ2) is 18.4. The minimum atomic E-state index is -4.42. The maximum Gasteiger partial charge on any atom is 0.294 e. The Morgan fingerprint density at radius 1 is 1.02 bits per heavy atom. The summed E-state index contributed by atoms with van der Waals surface area (Å²) in [4.78, 5) is 25.3. The molecule has 308 valence electrons. The topological polar surface area (TPSA) is 143 Å². The summed E-state index contributed by atoms with van der Waals surface area (Å²) in [6.45, 7) is 21.2. The van der Waals surface area contributed by atoms with Crippen molar-refractivity contribution in [3.8, 4) is 0 Å². The summed E-state index contributed by atoms with van der Waals surface area (Å²) in [5.41, 5.74) is 2.63. The molecule has 5 rings (SSSR count). The maximum atomic E-state index is 14.3. The number of hydrogen-bond donors (Lipinski definition) is 4.